The molecule has 4 nitrogen and oxygen atoms in total. The van der Waals surface area contributed by atoms with Gasteiger partial charge in [-0.2, -0.15) is 0 Å². The predicted molar refractivity (Wildman–Crippen MR) is 64.5 cm³/mol. The summed E-state index contributed by atoms with van der Waals surface area (Å²) >= 11 is 0. The van der Waals surface area contributed by atoms with Crippen molar-refractivity contribution in [3.63, 3.8) is 0 Å². The molecule has 0 aliphatic rings. The first-order valence-corrected chi connectivity index (χ1v) is 5.49. The van der Waals surface area contributed by atoms with Crippen LogP contribution in [0.25, 0.3) is 0 Å². The Hall–Kier alpha value is -1.78. The van der Waals surface area contributed by atoms with Crippen LogP contribution in [-0.2, 0) is 11.2 Å². The third kappa shape index (κ3) is 2.55. The molecule has 0 amide bonds. The number of carboxylic acids is 1. The fourth-order valence-corrected chi connectivity index (χ4v) is 1.71. The number of carbonyl (C=O) groups is 1. The minimum atomic E-state index is -1.05. The lowest BCUT2D eigenvalue weighted by atomic mass is 9.84. The van der Waals surface area contributed by atoms with Gasteiger partial charge in [0.25, 0.3) is 0 Å². The number of ether oxygens (including phenoxy) is 1. The molecule has 0 aliphatic carbocycles. The molecule has 1 aromatic carbocycles. The van der Waals surface area contributed by atoms with Crippen LogP contribution >= 0.6 is 0 Å². The molecule has 1 rings (SSSR count). The molecule has 1 aromatic rings. The van der Waals surface area contributed by atoms with Crippen LogP contribution < -0.4 is 4.74 Å². The number of aliphatic carboxylic acids is 1. The fraction of sp³-hybridized carbons (Fsp3) is 0.462. The minimum Gasteiger partial charge on any atom is -0.504 e. The van der Waals surface area contributed by atoms with E-state index < -0.39 is 17.2 Å². The fourth-order valence-electron chi connectivity index (χ4n) is 1.71. The number of aryl methyl sites for hydroxylation is 1. The molecular formula is C13H17FO4. The molecule has 0 unspecified atom stereocenters. The van der Waals surface area contributed by atoms with E-state index in [1.807, 2.05) is 0 Å². The van der Waals surface area contributed by atoms with Crippen LogP contribution in [0.15, 0.2) is 6.07 Å². The number of phenols is 1. The Morgan fingerprint density at radius 3 is 2.50 bits per heavy atom. The van der Waals surface area contributed by atoms with E-state index in [4.69, 9.17) is 9.84 Å². The van der Waals surface area contributed by atoms with Crippen molar-refractivity contribution in [3.8, 4) is 11.5 Å². The highest BCUT2D eigenvalue weighted by molar-refractivity contribution is 5.74. The molecule has 0 atom stereocenters. The zero-order valence-electron chi connectivity index (χ0n) is 10.9. The molecule has 0 fully saturated rings. The topological polar surface area (TPSA) is 66.8 Å². The van der Waals surface area contributed by atoms with Crippen molar-refractivity contribution in [2.24, 2.45) is 5.41 Å². The molecule has 0 radical (unpaired) electrons. The number of carboxylic acid groups (broad SMARTS) is 1. The number of hydrogen-bond acceptors (Lipinski definition) is 3. The van der Waals surface area contributed by atoms with Crippen molar-refractivity contribution in [1.29, 1.82) is 0 Å². The van der Waals surface area contributed by atoms with Crippen molar-refractivity contribution in [3.05, 3.63) is 23.0 Å². The van der Waals surface area contributed by atoms with E-state index in [1.165, 1.54) is 13.2 Å². The molecule has 0 spiro atoms. The first-order valence-electron chi connectivity index (χ1n) is 5.49. The maximum atomic E-state index is 13.5. The van der Waals surface area contributed by atoms with Crippen molar-refractivity contribution < 1.29 is 24.1 Å². The number of benzene rings is 1. The zero-order valence-corrected chi connectivity index (χ0v) is 10.9. The minimum absolute atomic E-state index is 0.0939. The van der Waals surface area contributed by atoms with Crippen molar-refractivity contribution in [1.82, 2.24) is 0 Å². The van der Waals surface area contributed by atoms with E-state index in [0.29, 0.717) is 11.1 Å². The van der Waals surface area contributed by atoms with E-state index in [2.05, 4.69) is 0 Å². The van der Waals surface area contributed by atoms with Crippen LogP contribution in [0.1, 0.15) is 25.0 Å². The average Bonchev–Trinajstić information content (AvgIpc) is 2.24. The molecule has 0 bridgehead atoms. The highest BCUT2D eigenvalue weighted by atomic mass is 19.1. The van der Waals surface area contributed by atoms with Gasteiger partial charge in [-0.05, 0) is 38.8 Å². The van der Waals surface area contributed by atoms with Gasteiger partial charge in [0, 0.05) is 5.56 Å². The van der Waals surface area contributed by atoms with Gasteiger partial charge in [-0.25, -0.2) is 4.39 Å². The highest BCUT2D eigenvalue weighted by Gasteiger charge is 2.30. The van der Waals surface area contributed by atoms with Gasteiger partial charge in [-0.15, -0.1) is 0 Å². The summed E-state index contributed by atoms with van der Waals surface area (Å²) in [5.74, 6) is -2.23. The quantitative estimate of drug-likeness (QED) is 0.868. The second-order valence-corrected chi connectivity index (χ2v) is 4.90. The Morgan fingerprint density at radius 1 is 1.50 bits per heavy atom. The summed E-state index contributed by atoms with van der Waals surface area (Å²) < 4.78 is 18.3. The third-order valence-electron chi connectivity index (χ3n) is 2.94. The van der Waals surface area contributed by atoms with Gasteiger partial charge in [0.2, 0.25) is 0 Å². The molecule has 0 saturated heterocycles. The Balaban J connectivity index is 3.30. The maximum absolute atomic E-state index is 13.5. The number of aromatic hydroxyl groups is 1. The van der Waals surface area contributed by atoms with Crippen molar-refractivity contribution >= 4 is 5.97 Å². The number of methoxy groups -OCH3 is 1. The molecule has 18 heavy (non-hydrogen) atoms. The SMILES string of the molecule is COc1c(F)cc(C)c(CC(C)(C)C(=O)O)c1O. The molecule has 0 aliphatic heterocycles. The largest absolute Gasteiger partial charge is 0.504 e. The van der Waals surface area contributed by atoms with Gasteiger partial charge in [0.05, 0.1) is 12.5 Å². The Bertz CT molecular complexity index is 480. The van der Waals surface area contributed by atoms with Crippen LogP contribution in [0.5, 0.6) is 11.5 Å². The predicted octanol–water partition coefficient (Wildman–Crippen LogP) is 2.50. The average molecular weight is 256 g/mol. The third-order valence-corrected chi connectivity index (χ3v) is 2.94. The number of phenolic OH excluding ortho intramolecular Hbond substituents is 1. The molecule has 0 heterocycles. The number of rotatable bonds is 4. The lowest BCUT2D eigenvalue weighted by Crippen LogP contribution is -2.26. The van der Waals surface area contributed by atoms with E-state index in [9.17, 15) is 14.3 Å². The summed E-state index contributed by atoms with van der Waals surface area (Å²) in [6, 6.07) is 1.23. The molecule has 0 aromatic heterocycles. The van der Waals surface area contributed by atoms with Crippen LogP contribution in [0.4, 0.5) is 4.39 Å². The van der Waals surface area contributed by atoms with Gasteiger partial charge in [-0.1, -0.05) is 0 Å². The van der Waals surface area contributed by atoms with Gasteiger partial charge >= 0.3 is 5.97 Å². The molecule has 5 heteroatoms. The van der Waals surface area contributed by atoms with E-state index in [0.717, 1.165) is 0 Å². The second-order valence-electron chi connectivity index (χ2n) is 4.90. The van der Waals surface area contributed by atoms with Gasteiger partial charge in [0.15, 0.2) is 17.3 Å². The second kappa shape index (κ2) is 4.84. The van der Waals surface area contributed by atoms with E-state index >= 15 is 0 Å². The summed E-state index contributed by atoms with van der Waals surface area (Å²) in [5.41, 5.74) is -0.161. The molecule has 100 valence electrons. The molecular weight excluding hydrogens is 239 g/mol. The smallest absolute Gasteiger partial charge is 0.309 e. The zero-order chi connectivity index (χ0) is 14.1. The van der Waals surface area contributed by atoms with Crippen LogP contribution in [0, 0.1) is 18.2 Å². The lowest BCUT2D eigenvalue weighted by Gasteiger charge is -2.22. The summed E-state index contributed by atoms with van der Waals surface area (Å²) in [7, 11) is 1.25. The summed E-state index contributed by atoms with van der Waals surface area (Å²) in [6.45, 7) is 4.71. The van der Waals surface area contributed by atoms with Gasteiger partial charge in [0.1, 0.15) is 0 Å². The number of hydrogen-bond donors (Lipinski definition) is 2. The summed E-state index contributed by atoms with van der Waals surface area (Å²) in [5, 5.41) is 19.0. The highest BCUT2D eigenvalue weighted by Crippen LogP contribution is 2.38. The Labute approximate surface area is 105 Å². The Kier molecular flexibility index (Phi) is 3.84. The van der Waals surface area contributed by atoms with E-state index in [1.54, 1.807) is 20.8 Å². The first kappa shape index (κ1) is 14.3. The normalized spacial score (nSPS) is 11.4. The summed E-state index contributed by atoms with van der Waals surface area (Å²) in [6.07, 6.45) is 0.0939. The first-order chi connectivity index (χ1) is 8.20. The van der Waals surface area contributed by atoms with Gasteiger partial charge in [-0.3, -0.25) is 4.79 Å². The monoisotopic (exact) mass is 256 g/mol. The van der Waals surface area contributed by atoms with E-state index in [-0.39, 0.29) is 17.9 Å². The van der Waals surface area contributed by atoms with Crippen molar-refractivity contribution in [2.75, 3.05) is 7.11 Å². The lowest BCUT2D eigenvalue weighted by molar-refractivity contribution is -0.146. The van der Waals surface area contributed by atoms with Crippen LogP contribution in [-0.4, -0.2) is 23.3 Å². The molecule has 0 saturated carbocycles. The summed E-state index contributed by atoms with van der Waals surface area (Å²) in [4.78, 5) is 11.1. The number of halogens is 1. The van der Waals surface area contributed by atoms with Crippen molar-refractivity contribution in [2.45, 2.75) is 27.2 Å². The molecule has 2 N–H and O–H groups in total. The Morgan fingerprint density at radius 2 is 2.06 bits per heavy atom. The van der Waals surface area contributed by atoms with Crippen LogP contribution in [0.2, 0.25) is 0 Å². The van der Waals surface area contributed by atoms with Crippen LogP contribution in [0.3, 0.4) is 0 Å². The maximum Gasteiger partial charge on any atom is 0.309 e. The van der Waals surface area contributed by atoms with Gasteiger partial charge < -0.3 is 14.9 Å². The standard InChI is InChI=1S/C13H17FO4/c1-7-5-9(14)11(18-4)10(15)8(7)6-13(2,3)12(16)17/h5,15H,6H2,1-4H3,(H,16,17).